The lowest BCUT2D eigenvalue weighted by atomic mass is 10.0. The molecule has 0 aromatic rings. The van der Waals surface area contributed by atoms with Crippen LogP contribution >= 0.6 is 0 Å². The van der Waals surface area contributed by atoms with E-state index in [0.29, 0.717) is 6.54 Å². The minimum atomic E-state index is -2.52. The van der Waals surface area contributed by atoms with Gasteiger partial charge in [0.1, 0.15) is 5.54 Å². The van der Waals surface area contributed by atoms with Crippen LogP contribution < -0.4 is 0 Å². The molecule has 0 saturated carbocycles. The van der Waals surface area contributed by atoms with Crippen LogP contribution in [0.4, 0.5) is 8.78 Å². The van der Waals surface area contributed by atoms with Crippen LogP contribution in [0.3, 0.4) is 0 Å². The minimum Gasteiger partial charge on any atom is -0.288 e. The quantitative estimate of drug-likeness (QED) is 0.486. The molecule has 62 valence electrons. The maximum absolute atomic E-state index is 13.2. The normalized spacial score (nSPS) is 41.3. The molecule has 1 aliphatic heterocycles. The Kier molecular flexibility index (Phi) is 1.09. The van der Waals surface area contributed by atoms with E-state index in [1.54, 1.807) is 24.9 Å². The van der Waals surface area contributed by atoms with Gasteiger partial charge in [0.05, 0.1) is 0 Å². The van der Waals surface area contributed by atoms with E-state index >= 15 is 0 Å². The van der Waals surface area contributed by atoms with Crippen molar-refractivity contribution in [3.05, 3.63) is 11.6 Å². The Bertz CT molecular complexity index is 234. The maximum atomic E-state index is 13.2. The molecule has 3 heteroatoms. The van der Waals surface area contributed by atoms with E-state index in [1.807, 2.05) is 0 Å². The predicted octanol–water partition coefficient (Wildman–Crippen LogP) is 1.66. The molecule has 1 aliphatic carbocycles. The zero-order chi connectivity index (χ0) is 8.28. The summed E-state index contributed by atoms with van der Waals surface area (Å²) in [6, 6.07) is 0. The van der Waals surface area contributed by atoms with Crippen molar-refractivity contribution in [2.75, 3.05) is 13.6 Å². The van der Waals surface area contributed by atoms with E-state index in [0.717, 1.165) is 5.57 Å². The van der Waals surface area contributed by atoms with Crippen molar-refractivity contribution in [2.45, 2.75) is 24.8 Å². The molecule has 1 atom stereocenters. The van der Waals surface area contributed by atoms with Gasteiger partial charge in [-0.1, -0.05) is 6.08 Å². The summed E-state index contributed by atoms with van der Waals surface area (Å²) in [5.74, 6) is -2.52. The fraction of sp³-hybridized carbons (Fsp3) is 0.750. The number of rotatable bonds is 0. The van der Waals surface area contributed by atoms with Crippen LogP contribution in [-0.4, -0.2) is 30.0 Å². The van der Waals surface area contributed by atoms with Gasteiger partial charge in [0.25, 0.3) is 5.92 Å². The second-order valence-corrected chi connectivity index (χ2v) is 3.47. The Balaban J connectivity index is 2.31. The zero-order valence-corrected chi connectivity index (χ0v) is 6.69. The zero-order valence-electron chi connectivity index (χ0n) is 6.69. The monoisotopic (exact) mass is 159 g/mol. The summed E-state index contributed by atoms with van der Waals surface area (Å²) in [6.07, 6.45) is 1.66. The van der Waals surface area contributed by atoms with Crippen LogP contribution in [0.2, 0.25) is 0 Å². The highest BCUT2D eigenvalue weighted by molar-refractivity contribution is 5.49. The first-order chi connectivity index (χ1) is 5.01. The standard InChI is InChI=1S/C8H11F2N/c1-6-5-7(6)8(9,10)3-4-11(7)2/h5H,3-4H2,1-2H3/t7-/m1/s1. The highest BCUT2D eigenvalue weighted by Crippen LogP contribution is 2.55. The molecule has 0 N–H and O–H groups in total. The van der Waals surface area contributed by atoms with Crippen LogP contribution in [0, 0.1) is 0 Å². The summed E-state index contributed by atoms with van der Waals surface area (Å²) < 4.78 is 26.4. The third kappa shape index (κ3) is 0.625. The molecule has 1 saturated heterocycles. The Morgan fingerprint density at radius 3 is 2.27 bits per heavy atom. The highest BCUT2D eigenvalue weighted by Gasteiger charge is 2.66. The summed E-state index contributed by atoms with van der Waals surface area (Å²) in [7, 11) is 1.76. The van der Waals surface area contributed by atoms with Gasteiger partial charge in [-0.25, -0.2) is 8.78 Å². The molecule has 0 radical (unpaired) electrons. The number of likely N-dealkylation sites (tertiary alicyclic amines) is 1. The summed E-state index contributed by atoms with van der Waals surface area (Å²) >= 11 is 0. The summed E-state index contributed by atoms with van der Waals surface area (Å²) in [5.41, 5.74) is -0.130. The first-order valence-corrected chi connectivity index (χ1v) is 3.80. The lowest BCUT2D eigenvalue weighted by molar-refractivity contribution is -0.0331. The molecule has 11 heavy (non-hydrogen) atoms. The highest BCUT2D eigenvalue weighted by atomic mass is 19.3. The van der Waals surface area contributed by atoms with E-state index in [2.05, 4.69) is 0 Å². The smallest absolute Gasteiger partial charge is 0.274 e. The van der Waals surface area contributed by atoms with Gasteiger partial charge in [0.2, 0.25) is 0 Å². The summed E-state index contributed by atoms with van der Waals surface area (Å²) in [6.45, 7) is 2.27. The Labute approximate surface area is 64.7 Å². The molecule has 0 aromatic carbocycles. The van der Waals surface area contributed by atoms with Gasteiger partial charge >= 0.3 is 0 Å². The van der Waals surface area contributed by atoms with Crippen molar-refractivity contribution in [3.63, 3.8) is 0 Å². The second kappa shape index (κ2) is 1.66. The van der Waals surface area contributed by atoms with Gasteiger partial charge in [0, 0.05) is 13.0 Å². The lowest BCUT2D eigenvalue weighted by Gasteiger charge is -2.25. The van der Waals surface area contributed by atoms with Crippen molar-refractivity contribution < 1.29 is 8.78 Å². The molecular weight excluding hydrogens is 148 g/mol. The Hall–Kier alpha value is -0.440. The van der Waals surface area contributed by atoms with Crippen LogP contribution in [0.25, 0.3) is 0 Å². The SMILES string of the molecule is CC1=C[C@@]12N(C)CCC2(F)F. The first kappa shape index (κ1) is 7.22. The second-order valence-electron chi connectivity index (χ2n) is 3.47. The number of hydrogen-bond donors (Lipinski definition) is 0. The number of halogens is 2. The summed E-state index contributed by atoms with van der Waals surface area (Å²) in [4.78, 5) is 1.74. The third-order valence-corrected chi connectivity index (χ3v) is 2.86. The van der Waals surface area contributed by atoms with Crippen molar-refractivity contribution >= 4 is 0 Å². The molecule has 1 nitrogen and oxygen atoms in total. The van der Waals surface area contributed by atoms with E-state index in [4.69, 9.17) is 0 Å². The number of alkyl halides is 2. The largest absolute Gasteiger partial charge is 0.288 e. The van der Waals surface area contributed by atoms with Gasteiger partial charge in [-0.15, -0.1) is 0 Å². The van der Waals surface area contributed by atoms with Crippen molar-refractivity contribution in [2.24, 2.45) is 0 Å². The number of hydrogen-bond acceptors (Lipinski definition) is 1. The number of nitrogens with zero attached hydrogens (tertiary/aromatic N) is 1. The van der Waals surface area contributed by atoms with Crippen LogP contribution in [-0.2, 0) is 0 Å². The van der Waals surface area contributed by atoms with Gasteiger partial charge in [-0.05, 0) is 19.5 Å². The molecule has 0 unspecified atom stereocenters. The Morgan fingerprint density at radius 1 is 1.55 bits per heavy atom. The molecular formula is C8H11F2N. The van der Waals surface area contributed by atoms with Gasteiger partial charge in [-0.3, -0.25) is 4.90 Å². The van der Waals surface area contributed by atoms with Crippen LogP contribution in [0.5, 0.6) is 0 Å². The minimum absolute atomic E-state index is 0.00264. The molecule has 0 aromatic heterocycles. The van der Waals surface area contributed by atoms with Gasteiger partial charge < -0.3 is 0 Å². The third-order valence-electron chi connectivity index (χ3n) is 2.86. The summed E-state index contributed by atoms with van der Waals surface area (Å²) in [5, 5.41) is 0. The first-order valence-electron chi connectivity index (χ1n) is 3.80. The number of likely N-dealkylation sites (N-methyl/N-ethyl adjacent to an activating group) is 1. The molecule has 0 bridgehead atoms. The van der Waals surface area contributed by atoms with Crippen molar-refractivity contribution in [1.29, 1.82) is 0 Å². The van der Waals surface area contributed by atoms with E-state index < -0.39 is 11.5 Å². The van der Waals surface area contributed by atoms with Crippen molar-refractivity contribution in [1.82, 2.24) is 4.90 Å². The van der Waals surface area contributed by atoms with E-state index in [1.165, 1.54) is 0 Å². The lowest BCUT2D eigenvalue weighted by Crippen LogP contribution is -2.42. The fourth-order valence-corrected chi connectivity index (χ4v) is 2.04. The maximum Gasteiger partial charge on any atom is 0.274 e. The Morgan fingerprint density at radius 2 is 2.09 bits per heavy atom. The molecule has 1 spiro atoms. The van der Waals surface area contributed by atoms with Crippen LogP contribution in [0.15, 0.2) is 11.6 Å². The van der Waals surface area contributed by atoms with Gasteiger partial charge in [-0.2, -0.15) is 0 Å². The predicted molar refractivity (Wildman–Crippen MR) is 38.7 cm³/mol. The molecule has 0 amide bonds. The topological polar surface area (TPSA) is 3.24 Å². The fourth-order valence-electron chi connectivity index (χ4n) is 2.04. The molecule has 1 heterocycles. The van der Waals surface area contributed by atoms with Crippen molar-refractivity contribution in [3.8, 4) is 0 Å². The van der Waals surface area contributed by atoms with E-state index in [-0.39, 0.29) is 6.42 Å². The average Bonchev–Trinajstić information content (AvgIpc) is 2.53. The average molecular weight is 159 g/mol. The van der Waals surface area contributed by atoms with Crippen LogP contribution in [0.1, 0.15) is 13.3 Å². The van der Waals surface area contributed by atoms with E-state index in [9.17, 15) is 8.78 Å². The van der Waals surface area contributed by atoms with Gasteiger partial charge in [0.15, 0.2) is 0 Å². The molecule has 2 rings (SSSR count). The molecule has 2 aliphatic rings. The molecule has 1 fully saturated rings.